The lowest BCUT2D eigenvalue weighted by Crippen LogP contribution is -2.32. The molecule has 0 aliphatic heterocycles. The molecule has 1 N–H and O–H groups in total. The van der Waals surface area contributed by atoms with Crippen molar-refractivity contribution in [1.82, 2.24) is 9.21 Å². The average molecular weight is 478 g/mol. The highest BCUT2D eigenvalue weighted by atomic mass is 32.2. The summed E-state index contributed by atoms with van der Waals surface area (Å²) >= 11 is 0. The van der Waals surface area contributed by atoms with Crippen LogP contribution in [0.4, 0.5) is 5.69 Å². The number of nitrogens with one attached hydrogen (secondary N) is 1. The number of sulfonamides is 1. The standard InChI is InChI=1S/C24H35N3O5S/c1-6-26(17-19-10-15-22(32-9-4)23(16-19)31-5)18-24(28)25-20-11-13-21(14-12-20)33(29,30)27(7-2)8-3/h10-16H,6-9,17-18H2,1-5H3,(H,25,28). The topological polar surface area (TPSA) is 88.2 Å². The van der Waals surface area contributed by atoms with Crippen LogP contribution in [0.2, 0.25) is 0 Å². The second-order valence-electron chi connectivity index (χ2n) is 7.38. The van der Waals surface area contributed by atoms with Gasteiger partial charge in [0.15, 0.2) is 11.5 Å². The third-order valence-electron chi connectivity index (χ3n) is 5.23. The second-order valence-corrected chi connectivity index (χ2v) is 9.32. The summed E-state index contributed by atoms with van der Waals surface area (Å²) in [5.41, 5.74) is 1.56. The third-order valence-corrected chi connectivity index (χ3v) is 7.29. The molecule has 0 fully saturated rings. The van der Waals surface area contributed by atoms with Gasteiger partial charge in [-0.3, -0.25) is 9.69 Å². The Kier molecular flexibility index (Phi) is 10.1. The fraction of sp³-hybridized carbons (Fsp3) is 0.458. The van der Waals surface area contributed by atoms with E-state index in [-0.39, 0.29) is 17.3 Å². The summed E-state index contributed by atoms with van der Waals surface area (Å²) in [7, 11) is -1.92. The van der Waals surface area contributed by atoms with Gasteiger partial charge in [-0.1, -0.05) is 26.8 Å². The van der Waals surface area contributed by atoms with Crippen molar-refractivity contribution >= 4 is 21.6 Å². The summed E-state index contributed by atoms with van der Waals surface area (Å²) < 4.78 is 37.6. The van der Waals surface area contributed by atoms with Crippen LogP contribution in [0, 0.1) is 0 Å². The number of benzene rings is 2. The number of methoxy groups -OCH3 is 1. The molecule has 1 amide bonds. The molecule has 0 aromatic heterocycles. The first kappa shape index (κ1) is 26.6. The summed E-state index contributed by atoms with van der Waals surface area (Å²) in [6.07, 6.45) is 0. The van der Waals surface area contributed by atoms with E-state index >= 15 is 0 Å². The van der Waals surface area contributed by atoms with Crippen molar-refractivity contribution in [1.29, 1.82) is 0 Å². The number of nitrogens with zero attached hydrogens (tertiary/aromatic N) is 2. The zero-order valence-electron chi connectivity index (χ0n) is 20.1. The van der Waals surface area contributed by atoms with Crippen LogP contribution in [-0.2, 0) is 21.4 Å². The molecule has 2 aromatic rings. The van der Waals surface area contributed by atoms with Gasteiger partial charge in [0, 0.05) is 25.3 Å². The Morgan fingerprint density at radius 1 is 0.939 bits per heavy atom. The van der Waals surface area contributed by atoms with E-state index in [0.29, 0.717) is 50.0 Å². The second kappa shape index (κ2) is 12.6. The van der Waals surface area contributed by atoms with Crippen LogP contribution < -0.4 is 14.8 Å². The number of hydrogen-bond donors (Lipinski definition) is 1. The molecule has 0 atom stereocenters. The minimum absolute atomic E-state index is 0.172. The Morgan fingerprint density at radius 2 is 1.61 bits per heavy atom. The smallest absolute Gasteiger partial charge is 0.243 e. The summed E-state index contributed by atoms with van der Waals surface area (Å²) in [5.74, 6) is 1.18. The lowest BCUT2D eigenvalue weighted by Gasteiger charge is -2.21. The van der Waals surface area contributed by atoms with E-state index in [1.807, 2.05) is 36.9 Å². The van der Waals surface area contributed by atoms with Gasteiger partial charge in [0.2, 0.25) is 15.9 Å². The van der Waals surface area contributed by atoms with Crippen LogP contribution in [0.1, 0.15) is 33.3 Å². The highest BCUT2D eigenvalue weighted by Gasteiger charge is 2.21. The van der Waals surface area contributed by atoms with Crippen LogP contribution in [0.25, 0.3) is 0 Å². The molecule has 0 radical (unpaired) electrons. The SMILES string of the molecule is CCOc1ccc(CN(CC)CC(=O)Nc2ccc(S(=O)(=O)N(CC)CC)cc2)cc1OC. The maximum absolute atomic E-state index is 12.6. The van der Waals surface area contributed by atoms with Crippen LogP contribution in [-0.4, -0.2) is 63.4 Å². The largest absolute Gasteiger partial charge is 0.493 e. The number of carbonyl (C=O) groups is 1. The Bertz CT molecular complexity index is 1010. The highest BCUT2D eigenvalue weighted by molar-refractivity contribution is 7.89. The molecule has 0 saturated carbocycles. The van der Waals surface area contributed by atoms with Crippen LogP contribution in [0.15, 0.2) is 47.4 Å². The van der Waals surface area contributed by atoms with Crippen molar-refractivity contribution in [3.05, 3.63) is 48.0 Å². The average Bonchev–Trinajstić information content (AvgIpc) is 2.80. The monoisotopic (exact) mass is 477 g/mol. The number of rotatable bonds is 13. The van der Waals surface area contributed by atoms with Gasteiger partial charge in [-0.05, 0) is 55.4 Å². The molecule has 0 bridgehead atoms. The summed E-state index contributed by atoms with van der Waals surface area (Å²) in [5, 5.41) is 2.84. The van der Waals surface area contributed by atoms with Gasteiger partial charge in [0.25, 0.3) is 0 Å². The summed E-state index contributed by atoms with van der Waals surface area (Å²) in [4.78, 5) is 14.8. The van der Waals surface area contributed by atoms with Gasteiger partial charge < -0.3 is 14.8 Å². The minimum atomic E-state index is -3.52. The van der Waals surface area contributed by atoms with Crippen molar-refractivity contribution in [2.45, 2.75) is 39.1 Å². The fourth-order valence-electron chi connectivity index (χ4n) is 3.45. The maximum atomic E-state index is 12.6. The predicted octanol–water partition coefficient (Wildman–Crippen LogP) is 3.59. The molecule has 33 heavy (non-hydrogen) atoms. The summed E-state index contributed by atoms with van der Waals surface area (Å²) in [6, 6.07) is 12.0. The molecule has 0 saturated heterocycles. The zero-order chi connectivity index (χ0) is 24.4. The number of ether oxygens (including phenoxy) is 2. The van der Waals surface area contributed by atoms with Crippen LogP contribution in [0.5, 0.6) is 11.5 Å². The fourth-order valence-corrected chi connectivity index (χ4v) is 4.91. The molecular weight excluding hydrogens is 442 g/mol. The van der Waals surface area contributed by atoms with Crippen molar-refractivity contribution in [2.24, 2.45) is 0 Å². The molecule has 2 aromatic carbocycles. The predicted molar refractivity (Wildman–Crippen MR) is 130 cm³/mol. The van der Waals surface area contributed by atoms with Crippen molar-refractivity contribution in [3.63, 3.8) is 0 Å². The zero-order valence-corrected chi connectivity index (χ0v) is 20.9. The lowest BCUT2D eigenvalue weighted by molar-refractivity contribution is -0.117. The van der Waals surface area contributed by atoms with Gasteiger partial charge in [-0.15, -0.1) is 0 Å². The van der Waals surface area contributed by atoms with Gasteiger partial charge >= 0.3 is 0 Å². The van der Waals surface area contributed by atoms with Crippen LogP contribution >= 0.6 is 0 Å². The molecule has 0 aliphatic rings. The first-order valence-electron chi connectivity index (χ1n) is 11.2. The molecule has 0 unspecified atom stereocenters. The lowest BCUT2D eigenvalue weighted by atomic mass is 10.2. The number of amides is 1. The number of carbonyl (C=O) groups excluding carboxylic acids is 1. The molecule has 9 heteroatoms. The van der Waals surface area contributed by atoms with E-state index in [0.717, 1.165) is 5.56 Å². The van der Waals surface area contributed by atoms with Crippen molar-refractivity contribution in [3.8, 4) is 11.5 Å². The Balaban J connectivity index is 2.01. The Labute approximate surface area is 197 Å². The molecular formula is C24H35N3O5S. The van der Waals surface area contributed by atoms with Gasteiger partial charge in [0.1, 0.15) is 0 Å². The van der Waals surface area contributed by atoms with E-state index < -0.39 is 10.0 Å². The number of hydrogen-bond acceptors (Lipinski definition) is 6. The van der Waals surface area contributed by atoms with Crippen molar-refractivity contribution < 1.29 is 22.7 Å². The van der Waals surface area contributed by atoms with Crippen LogP contribution in [0.3, 0.4) is 0 Å². The minimum Gasteiger partial charge on any atom is -0.493 e. The molecule has 8 nitrogen and oxygen atoms in total. The number of anilines is 1. The van der Waals surface area contributed by atoms with Gasteiger partial charge in [-0.25, -0.2) is 8.42 Å². The number of likely N-dealkylation sites (N-methyl/N-ethyl adjacent to an activating group) is 1. The molecule has 0 spiro atoms. The molecule has 182 valence electrons. The van der Waals surface area contributed by atoms with E-state index in [4.69, 9.17) is 9.47 Å². The van der Waals surface area contributed by atoms with Gasteiger partial charge in [-0.2, -0.15) is 4.31 Å². The van der Waals surface area contributed by atoms with Crippen molar-refractivity contribution in [2.75, 3.05) is 45.2 Å². The Morgan fingerprint density at radius 3 is 2.15 bits per heavy atom. The normalized spacial score (nSPS) is 11.6. The van der Waals surface area contributed by atoms with E-state index in [2.05, 4.69) is 5.32 Å². The molecule has 0 aliphatic carbocycles. The molecule has 2 rings (SSSR count). The molecule has 0 heterocycles. The quantitative estimate of drug-likeness (QED) is 0.474. The van der Waals surface area contributed by atoms with E-state index in [1.165, 1.54) is 16.4 Å². The third kappa shape index (κ3) is 7.18. The van der Waals surface area contributed by atoms with Gasteiger partial charge in [0.05, 0.1) is 25.2 Å². The van der Waals surface area contributed by atoms with E-state index in [1.54, 1.807) is 33.1 Å². The first-order chi connectivity index (χ1) is 15.8. The van der Waals surface area contributed by atoms with E-state index in [9.17, 15) is 13.2 Å². The summed E-state index contributed by atoms with van der Waals surface area (Å²) in [6.45, 7) is 10.3. The first-order valence-corrected chi connectivity index (χ1v) is 12.6. The highest BCUT2D eigenvalue weighted by Crippen LogP contribution is 2.28. The maximum Gasteiger partial charge on any atom is 0.243 e. The Hall–Kier alpha value is -2.62.